The molecule has 3 aromatic carbocycles. The van der Waals surface area contributed by atoms with Gasteiger partial charge in [-0.15, -0.1) is 18.2 Å². The van der Waals surface area contributed by atoms with Gasteiger partial charge in [-0.3, -0.25) is 14.6 Å². The van der Waals surface area contributed by atoms with Crippen LogP contribution in [-0.4, -0.2) is 83.8 Å². The van der Waals surface area contributed by atoms with Crippen LogP contribution in [-0.2, 0) is 42.5 Å². The van der Waals surface area contributed by atoms with Gasteiger partial charge < -0.3 is 35.9 Å². The number of aryl methyl sites for hydroxylation is 2. The van der Waals surface area contributed by atoms with Crippen molar-refractivity contribution in [2.24, 2.45) is 0 Å². The molecule has 0 spiro atoms. The van der Waals surface area contributed by atoms with Crippen molar-refractivity contribution in [2.45, 2.75) is 150 Å². The maximum absolute atomic E-state index is 14.4. The van der Waals surface area contributed by atoms with Crippen LogP contribution in [0.25, 0.3) is 0 Å². The number of ether oxygens (including phenoxy) is 4. The number of esters is 1. The van der Waals surface area contributed by atoms with E-state index in [0.717, 1.165) is 29.2 Å². The van der Waals surface area contributed by atoms with Gasteiger partial charge in [0.15, 0.2) is 0 Å². The van der Waals surface area contributed by atoms with Crippen molar-refractivity contribution >= 4 is 64.2 Å². The molecule has 3 aromatic rings. The maximum Gasteiger partial charge on any atom is 2.00 e. The summed E-state index contributed by atoms with van der Waals surface area (Å²) in [6.07, 6.45) is 4.50. The normalized spacial score (nSPS) is 13.0. The van der Waals surface area contributed by atoms with Crippen LogP contribution in [0.3, 0.4) is 0 Å². The monoisotopic (exact) mass is 1090 g/mol. The molecule has 0 aliphatic carbocycles. The Labute approximate surface area is 443 Å². The molecule has 0 bridgehead atoms. The number of alkyl halides is 1. The summed E-state index contributed by atoms with van der Waals surface area (Å²) in [5, 5.41) is 0. The summed E-state index contributed by atoms with van der Waals surface area (Å²) in [6.45, 7) is 32.0. The third kappa shape index (κ3) is 24.0. The second-order valence-corrected chi connectivity index (χ2v) is 18.7. The number of nitrogens with zero attached hydrogens (tertiary/aromatic N) is 2. The van der Waals surface area contributed by atoms with Crippen LogP contribution in [0.5, 0.6) is 0 Å². The molecule has 2 atom stereocenters. The van der Waals surface area contributed by atoms with E-state index in [-0.39, 0.29) is 87.6 Å². The zero-order valence-electron chi connectivity index (χ0n) is 42.7. The fourth-order valence-electron chi connectivity index (χ4n) is 6.43. The number of rotatable bonds is 14. The van der Waals surface area contributed by atoms with Crippen molar-refractivity contribution in [2.75, 3.05) is 29.5 Å². The Bertz CT molecular complexity index is 2160. The first-order valence-corrected chi connectivity index (χ1v) is 22.9. The van der Waals surface area contributed by atoms with E-state index in [9.17, 15) is 40.7 Å². The number of epoxide rings is 1. The van der Waals surface area contributed by atoms with Crippen molar-refractivity contribution in [3.8, 4) is 0 Å². The van der Waals surface area contributed by atoms with Gasteiger partial charge in [0, 0.05) is 42.7 Å². The zero-order chi connectivity index (χ0) is 52.3. The number of carbonyl (C=O) groups is 3. The van der Waals surface area contributed by atoms with E-state index in [2.05, 4.69) is 20.1 Å². The van der Waals surface area contributed by atoms with E-state index >= 15 is 0 Å². The van der Waals surface area contributed by atoms with Crippen LogP contribution in [0.1, 0.15) is 131 Å². The fraction of sp³-hybridized carbons (Fsp3) is 0.500. The van der Waals surface area contributed by atoms with Gasteiger partial charge in [-0.2, -0.15) is 0 Å². The van der Waals surface area contributed by atoms with Crippen molar-refractivity contribution < 1.29 is 76.7 Å². The summed E-state index contributed by atoms with van der Waals surface area (Å²) in [5.74, 6) is -5.64. The Kier molecular flexibility index (Phi) is 30.7. The standard InChI is InChI=1S/C18H24F2O3.C17H23F2NO2.C14H18ClF2NO2.C3H5.BrH.Mg/c1-5-14(17(21)23-18(2,3)4)16-11(6-7-13-10-22-13)8-12(19)9-15(16)20;1-6-8-9-12-10-13(18)11-14(19)15(12)20(7-2)16(21)22-17(3,4)5;1-5-18(13(19)20-14(2,3)4)12-9(8-15)6-10(16)7-11(12)17;1-3-2;;/h8-9,13-14H,5-7,10H2,1-4H3;6,10-11H,1,7-9H2,2-5H3;6-7H,5,8H2,1-4H3;3H,1-2H2;1H;/q;;;-1;;+2/p-1. The van der Waals surface area contributed by atoms with Gasteiger partial charge in [-0.05, 0) is 143 Å². The Hall–Kier alpha value is -3.90. The molecule has 1 fully saturated rings. The Morgan fingerprint density at radius 3 is 1.46 bits per heavy atom. The number of benzene rings is 3. The molecule has 2 amide bonds. The molecular formula is C52H70BrClF6MgN2O7. The van der Waals surface area contributed by atoms with Gasteiger partial charge in [0.1, 0.15) is 51.7 Å². The fourth-order valence-corrected chi connectivity index (χ4v) is 6.64. The number of carbonyl (C=O) groups excluding carboxylic acids is 3. The van der Waals surface area contributed by atoms with Crippen molar-refractivity contribution in [3.05, 3.63) is 126 Å². The molecule has 4 rings (SSSR count). The number of halogens is 8. The molecule has 1 saturated heterocycles. The second-order valence-electron chi connectivity index (χ2n) is 18.4. The van der Waals surface area contributed by atoms with Gasteiger partial charge in [-0.25, -0.2) is 55.5 Å². The predicted octanol–water partition coefficient (Wildman–Crippen LogP) is 11.1. The smallest absolute Gasteiger partial charge is 1.00 e. The topological polar surface area (TPSA) is 97.9 Å². The first-order valence-electron chi connectivity index (χ1n) is 22.4. The van der Waals surface area contributed by atoms with Gasteiger partial charge in [0.05, 0.1) is 30.0 Å². The molecule has 1 aliphatic heterocycles. The van der Waals surface area contributed by atoms with Gasteiger partial charge in [0.2, 0.25) is 0 Å². The van der Waals surface area contributed by atoms with Crippen molar-refractivity contribution in [1.29, 1.82) is 0 Å². The number of hydrogen-bond donors (Lipinski definition) is 0. The minimum absolute atomic E-state index is 0. The predicted molar refractivity (Wildman–Crippen MR) is 264 cm³/mol. The molecule has 388 valence electrons. The average molecular weight is 1090 g/mol. The molecule has 9 nitrogen and oxygen atoms in total. The van der Waals surface area contributed by atoms with Gasteiger partial charge >= 0.3 is 41.2 Å². The Balaban J connectivity index is 0. The van der Waals surface area contributed by atoms with E-state index in [1.54, 1.807) is 89.2 Å². The Morgan fingerprint density at radius 2 is 1.10 bits per heavy atom. The van der Waals surface area contributed by atoms with Crippen molar-refractivity contribution in [1.82, 2.24) is 0 Å². The van der Waals surface area contributed by atoms with Crippen LogP contribution < -0.4 is 26.8 Å². The molecule has 0 N–H and O–H groups in total. The van der Waals surface area contributed by atoms with E-state index in [1.165, 1.54) is 23.1 Å². The SMILES string of the molecule is C=CCCc1cc(F)cc(F)c1N(CC)C(=O)OC(C)(C)C.C=C[CH2-].CCC(C(=O)OC(C)(C)C)c1c(F)cc(F)cc1CCC1CO1.CCN(C(=O)OC(C)(C)C)c1c(F)cc(F)cc1CCl.[Br-].[Mg+2]. The quantitative estimate of drug-likeness (QED) is 0.0232. The molecule has 0 radical (unpaired) electrons. The molecule has 0 saturated carbocycles. The summed E-state index contributed by atoms with van der Waals surface area (Å²) >= 11 is 5.70. The molecular weight excluding hydrogens is 1020 g/mol. The van der Waals surface area contributed by atoms with Crippen LogP contribution in [0.15, 0.2) is 61.7 Å². The van der Waals surface area contributed by atoms with Crippen molar-refractivity contribution in [3.63, 3.8) is 0 Å². The summed E-state index contributed by atoms with van der Waals surface area (Å²) in [4.78, 5) is 39.1. The zero-order valence-corrected chi connectivity index (χ0v) is 46.5. The van der Waals surface area contributed by atoms with E-state index < -0.39 is 75.8 Å². The first kappa shape index (κ1) is 68.2. The van der Waals surface area contributed by atoms with Crippen LogP contribution >= 0.6 is 11.6 Å². The molecule has 1 heterocycles. The minimum Gasteiger partial charge on any atom is -1.00 e. The third-order valence-electron chi connectivity index (χ3n) is 9.14. The van der Waals surface area contributed by atoms with Gasteiger partial charge in [0.25, 0.3) is 0 Å². The number of allylic oxidation sites excluding steroid dienone is 2. The van der Waals surface area contributed by atoms with Crippen LogP contribution in [0, 0.1) is 41.8 Å². The Morgan fingerprint density at radius 1 is 0.714 bits per heavy atom. The molecule has 0 aromatic heterocycles. The molecule has 2 unspecified atom stereocenters. The van der Waals surface area contributed by atoms with E-state index in [1.807, 2.05) is 0 Å². The van der Waals surface area contributed by atoms with E-state index in [4.69, 9.17) is 30.5 Å². The minimum atomic E-state index is -0.839. The maximum atomic E-state index is 14.4. The second kappa shape index (κ2) is 31.5. The van der Waals surface area contributed by atoms with Crippen LogP contribution in [0.2, 0.25) is 0 Å². The summed E-state index contributed by atoms with van der Waals surface area (Å²) in [6, 6.07) is 6.00. The largest absolute Gasteiger partial charge is 2.00 e. The summed E-state index contributed by atoms with van der Waals surface area (Å²) in [7, 11) is 0. The first-order chi connectivity index (χ1) is 31.5. The third-order valence-corrected chi connectivity index (χ3v) is 9.43. The molecule has 18 heteroatoms. The van der Waals surface area contributed by atoms with Crippen LogP contribution in [0.4, 0.5) is 47.3 Å². The number of anilines is 2. The number of hydrogen-bond acceptors (Lipinski definition) is 7. The summed E-state index contributed by atoms with van der Waals surface area (Å²) < 4.78 is 104. The van der Waals surface area contributed by atoms with E-state index in [0.29, 0.717) is 49.8 Å². The van der Waals surface area contributed by atoms with Gasteiger partial charge in [-0.1, -0.05) is 13.0 Å². The average Bonchev–Trinajstić information content (AvgIpc) is 4.03. The summed E-state index contributed by atoms with van der Waals surface area (Å²) in [5.41, 5.74) is -0.618. The molecule has 1 aliphatic rings. The molecule has 70 heavy (non-hydrogen) atoms. The number of amides is 2.